The van der Waals surface area contributed by atoms with Gasteiger partial charge in [-0.1, -0.05) is 0 Å². The summed E-state index contributed by atoms with van der Waals surface area (Å²) in [5.41, 5.74) is 1.08. The zero-order chi connectivity index (χ0) is 9.80. The van der Waals surface area contributed by atoms with E-state index in [1.165, 1.54) is 0 Å². The fourth-order valence-corrected chi connectivity index (χ4v) is 1.46. The van der Waals surface area contributed by atoms with Crippen LogP contribution in [0.2, 0.25) is 0 Å². The molecule has 4 nitrogen and oxygen atoms in total. The fourth-order valence-electron chi connectivity index (χ4n) is 1.46. The van der Waals surface area contributed by atoms with E-state index >= 15 is 0 Å². The average Bonchev–Trinajstić information content (AvgIpc) is 2.70. The summed E-state index contributed by atoms with van der Waals surface area (Å²) in [6.45, 7) is 4.64. The number of nitrogens with one attached hydrogen (secondary N) is 1. The molecule has 0 amide bonds. The summed E-state index contributed by atoms with van der Waals surface area (Å²) in [7, 11) is 0. The van der Waals surface area contributed by atoms with E-state index in [0.717, 1.165) is 31.7 Å². The molecule has 1 atom stereocenters. The van der Waals surface area contributed by atoms with Crippen LogP contribution in [0.5, 0.6) is 0 Å². The maximum Gasteiger partial charge on any atom is 0.222 e. The van der Waals surface area contributed by atoms with E-state index in [0.29, 0.717) is 11.9 Å². The highest BCUT2D eigenvalue weighted by atomic mass is 16.5. The van der Waals surface area contributed by atoms with Crippen LogP contribution in [0.4, 0.5) is 5.95 Å². The van der Waals surface area contributed by atoms with E-state index in [1.54, 1.807) is 0 Å². The molecule has 1 aromatic rings. The van der Waals surface area contributed by atoms with Gasteiger partial charge in [0.25, 0.3) is 0 Å². The first-order valence-corrected chi connectivity index (χ1v) is 4.95. The van der Waals surface area contributed by atoms with Gasteiger partial charge < -0.3 is 10.1 Å². The first kappa shape index (κ1) is 9.40. The Balaban J connectivity index is 1.82. The van der Waals surface area contributed by atoms with E-state index in [9.17, 15) is 0 Å². The lowest BCUT2D eigenvalue weighted by molar-refractivity contribution is 0.187. The first-order chi connectivity index (χ1) is 6.84. The lowest BCUT2D eigenvalue weighted by Gasteiger charge is -2.08. The monoisotopic (exact) mass is 193 g/mol. The first-order valence-electron chi connectivity index (χ1n) is 4.95. The Morgan fingerprint density at radius 1 is 1.50 bits per heavy atom. The summed E-state index contributed by atoms with van der Waals surface area (Å²) in [5.74, 6) is 1.32. The highest BCUT2D eigenvalue weighted by Crippen LogP contribution is 2.12. The summed E-state index contributed by atoms with van der Waals surface area (Å²) >= 11 is 0. The number of ether oxygens (including phenoxy) is 1. The van der Waals surface area contributed by atoms with Crippen molar-refractivity contribution in [1.82, 2.24) is 9.97 Å². The van der Waals surface area contributed by atoms with Crippen molar-refractivity contribution >= 4 is 5.95 Å². The SMILES string of the molecule is Cc1cnc(NCC2CCOC2)nc1. The number of hydrogen-bond acceptors (Lipinski definition) is 4. The van der Waals surface area contributed by atoms with Crippen LogP contribution in [-0.4, -0.2) is 29.7 Å². The fraction of sp³-hybridized carbons (Fsp3) is 0.600. The van der Waals surface area contributed by atoms with E-state index in [2.05, 4.69) is 15.3 Å². The molecule has 0 saturated carbocycles. The molecule has 0 aromatic carbocycles. The van der Waals surface area contributed by atoms with Crippen LogP contribution in [-0.2, 0) is 4.74 Å². The summed E-state index contributed by atoms with van der Waals surface area (Å²) in [6, 6.07) is 0. The molecule has 1 fully saturated rings. The van der Waals surface area contributed by atoms with E-state index in [4.69, 9.17) is 4.74 Å². The zero-order valence-electron chi connectivity index (χ0n) is 8.36. The van der Waals surface area contributed by atoms with Crippen molar-refractivity contribution in [1.29, 1.82) is 0 Å². The summed E-state index contributed by atoms with van der Waals surface area (Å²) < 4.78 is 5.28. The molecule has 0 aliphatic carbocycles. The Morgan fingerprint density at radius 2 is 2.29 bits per heavy atom. The number of rotatable bonds is 3. The van der Waals surface area contributed by atoms with Crippen LogP contribution in [0.1, 0.15) is 12.0 Å². The van der Waals surface area contributed by atoms with Crippen molar-refractivity contribution in [3.05, 3.63) is 18.0 Å². The molecule has 0 spiro atoms. The Hall–Kier alpha value is -1.16. The highest BCUT2D eigenvalue weighted by Gasteiger charge is 2.15. The molecule has 0 radical (unpaired) electrons. The Bertz CT molecular complexity index is 280. The number of anilines is 1. The van der Waals surface area contributed by atoms with Gasteiger partial charge in [-0.3, -0.25) is 0 Å². The van der Waals surface area contributed by atoms with Crippen molar-refractivity contribution in [2.45, 2.75) is 13.3 Å². The van der Waals surface area contributed by atoms with Crippen LogP contribution in [0.3, 0.4) is 0 Å². The minimum Gasteiger partial charge on any atom is -0.381 e. The molecular weight excluding hydrogens is 178 g/mol. The molecule has 0 bridgehead atoms. The normalized spacial score (nSPS) is 21.1. The number of aryl methyl sites for hydroxylation is 1. The lowest BCUT2D eigenvalue weighted by atomic mass is 10.1. The molecule has 1 N–H and O–H groups in total. The maximum atomic E-state index is 5.28. The molecule has 2 heterocycles. The molecular formula is C10H15N3O. The van der Waals surface area contributed by atoms with Gasteiger partial charge in [-0.15, -0.1) is 0 Å². The summed E-state index contributed by atoms with van der Waals surface area (Å²) in [4.78, 5) is 8.35. The van der Waals surface area contributed by atoms with E-state index in [-0.39, 0.29) is 0 Å². The van der Waals surface area contributed by atoms with Crippen LogP contribution < -0.4 is 5.32 Å². The van der Waals surface area contributed by atoms with Crippen LogP contribution in [0.25, 0.3) is 0 Å². The Morgan fingerprint density at radius 3 is 2.93 bits per heavy atom. The number of nitrogens with zero attached hydrogens (tertiary/aromatic N) is 2. The average molecular weight is 193 g/mol. The van der Waals surface area contributed by atoms with Crippen LogP contribution in [0, 0.1) is 12.8 Å². The molecule has 14 heavy (non-hydrogen) atoms. The topological polar surface area (TPSA) is 47.0 Å². The van der Waals surface area contributed by atoms with Crippen molar-refractivity contribution in [3.63, 3.8) is 0 Å². The molecule has 76 valence electrons. The predicted octanol–water partition coefficient (Wildman–Crippen LogP) is 1.23. The van der Waals surface area contributed by atoms with Crippen molar-refractivity contribution < 1.29 is 4.74 Å². The third-order valence-electron chi connectivity index (χ3n) is 2.35. The van der Waals surface area contributed by atoms with Gasteiger partial charge in [0.05, 0.1) is 6.61 Å². The molecule has 1 unspecified atom stereocenters. The lowest BCUT2D eigenvalue weighted by Crippen LogP contribution is -2.15. The molecule has 1 aliphatic rings. The Labute approximate surface area is 83.7 Å². The predicted molar refractivity (Wildman–Crippen MR) is 54.2 cm³/mol. The number of hydrogen-bond donors (Lipinski definition) is 1. The third-order valence-corrected chi connectivity index (χ3v) is 2.35. The summed E-state index contributed by atoms with van der Waals surface area (Å²) in [5, 5.41) is 3.21. The van der Waals surface area contributed by atoms with E-state index < -0.39 is 0 Å². The minimum absolute atomic E-state index is 0.611. The highest BCUT2D eigenvalue weighted by molar-refractivity contribution is 5.24. The molecule has 2 rings (SSSR count). The summed E-state index contributed by atoms with van der Waals surface area (Å²) in [6.07, 6.45) is 4.78. The van der Waals surface area contributed by atoms with Gasteiger partial charge in [-0.2, -0.15) is 0 Å². The van der Waals surface area contributed by atoms with Gasteiger partial charge in [-0.05, 0) is 18.9 Å². The largest absolute Gasteiger partial charge is 0.381 e. The van der Waals surface area contributed by atoms with Gasteiger partial charge in [0.15, 0.2) is 0 Å². The quantitative estimate of drug-likeness (QED) is 0.784. The van der Waals surface area contributed by atoms with Crippen molar-refractivity contribution in [2.75, 3.05) is 25.1 Å². The number of aromatic nitrogens is 2. The minimum atomic E-state index is 0.611. The van der Waals surface area contributed by atoms with Gasteiger partial charge >= 0.3 is 0 Å². The smallest absolute Gasteiger partial charge is 0.222 e. The van der Waals surface area contributed by atoms with Crippen LogP contribution >= 0.6 is 0 Å². The zero-order valence-corrected chi connectivity index (χ0v) is 8.36. The van der Waals surface area contributed by atoms with Crippen molar-refractivity contribution in [3.8, 4) is 0 Å². The standard InChI is InChI=1S/C10H15N3O/c1-8-4-11-10(12-5-8)13-6-9-2-3-14-7-9/h4-5,9H,2-3,6-7H2,1H3,(H,11,12,13). The van der Waals surface area contributed by atoms with Gasteiger partial charge in [0.1, 0.15) is 0 Å². The van der Waals surface area contributed by atoms with Gasteiger partial charge in [0.2, 0.25) is 5.95 Å². The molecule has 1 saturated heterocycles. The molecule has 4 heteroatoms. The van der Waals surface area contributed by atoms with Gasteiger partial charge in [0, 0.05) is 31.5 Å². The molecule has 1 aliphatic heterocycles. The second kappa shape index (κ2) is 4.37. The second-order valence-corrected chi connectivity index (χ2v) is 3.69. The molecule has 1 aromatic heterocycles. The second-order valence-electron chi connectivity index (χ2n) is 3.69. The maximum absolute atomic E-state index is 5.28. The third kappa shape index (κ3) is 2.42. The van der Waals surface area contributed by atoms with Crippen molar-refractivity contribution in [2.24, 2.45) is 5.92 Å². The van der Waals surface area contributed by atoms with Crippen LogP contribution in [0.15, 0.2) is 12.4 Å². The van der Waals surface area contributed by atoms with Gasteiger partial charge in [-0.25, -0.2) is 9.97 Å². The van der Waals surface area contributed by atoms with E-state index in [1.807, 2.05) is 19.3 Å². The Kier molecular flexibility index (Phi) is 2.93.